The Bertz CT molecular complexity index is 740. The highest BCUT2D eigenvalue weighted by atomic mass is 16.2. The van der Waals surface area contributed by atoms with Crippen LogP contribution < -0.4 is 16.4 Å². The molecule has 2 aromatic heterocycles. The number of imidazole rings is 1. The molecule has 0 bridgehead atoms. The molecule has 116 valence electrons. The molecule has 3 atom stereocenters. The molecule has 0 radical (unpaired) electrons. The van der Waals surface area contributed by atoms with Gasteiger partial charge in [0.2, 0.25) is 5.91 Å². The topological polar surface area (TPSA) is 84.5 Å². The number of rotatable bonds is 3. The molecule has 3 heterocycles. The number of piperidine rings is 1. The maximum absolute atomic E-state index is 12.5. The number of nitrogens with zero attached hydrogens (tertiary/aromatic N) is 2. The molecular weight excluding hydrogens is 278 g/mol. The Balaban J connectivity index is 1.61. The molecule has 1 saturated carbocycles. The van der Waals surface area contributed by atoms with Crippen molar-refractivity contribution >= 4 is 17.2 Å². The highest BCUT2D eigenvalue weighted by Gasteiger charge is 2.57. The van der Waals surface area contributed by atoms with Crippen molar-refractivity contribution < 1.29 is 4.79 Å². The minimum atomic E-state index is -0.566. The first-order chi connectivity index (χ1) is 10.5. The summed E-state index contributed by atoms with van der Waals surface area (Å²) < 4.78 is 1.95. The summed E-state index contributed by atoms with van der Waals surface area (Å²) >= 11 is 0. The van der Waals surface area contributed by atoms with Gasteiger partial charge in [-0.2, -0.15) is 0 Å². The summed E-state index contributed by atoms with van der Waals surface area (Å²) in [5.74, 6) is 2.57. The summed E-state index contributed by atoms with van der Waals surface area (Å²) in [5.41, 5.74) is 6.30. The normalized spacial score (nSPS) is 26.9. The highest BCUT2D eigenvalue weighted by molar-refractivity contribution is 5.83. The van der Waals surface area contributed by atoms with Crippen molar-refractivity contribution in [1.82, 2.24) is 20.0 Å². The fraction of sp³-hybridized carbons (Fsp3) is 0.500. The van der Waals surface area contributed by atoms with Gasteiger partial charge in [0.05, 0.1) is 11.1 Å². The maximum atomic E-state index is 12.5. The third-order valence-corrected chi connectivity index (χ3v) is 4.97. The van der Waals surface area contributed by atoms with E-state index in [9.17, 15) is 4.79 Å². The van der Waals surface area contributed by atoms with Crippen LogP contribution in [0.15, 0.2) is 24.4 Å². The van der Waals surface area contributed by atoms with E-state index in [-0.39, 0.29) is 11.8 Å². The fourth-order valence-corrected chi connectivity index (χ4v) is 3.76. The Labute approximate surface area is 129 Å². The van der Waals surface area contributed by atoms with E-state index in [0.717, 1.165) is 24.4 Å². The first-order valence-corrected chi connectivity index (χ1v) is 7.75. The number of amides is 1. The number of anilines is 1. The molecule has 0 spiro atoms. The quantitative estimate of drug-likeness (QED) is 0.780. The molecule has 0 aromatic carbocycles. The van der Waals surface area contributed by atoms with Gasteiger partial charge in [-0.3, -0.25) is 9.20 Å². The van der Waals surface area contributed by atoms with Crippen molar-refractivity contribution in [1.29, 1.82) is 0 Å². The van der Waals surface area contributed by atoms with Crippen LogP contribution in [0.5, 0.6) is 0 Å². The van der Waals surface area contributed by atoms with Crippen LogP contribution in [0.25, 0.3) is 5.52 Å². The van der Waals surface area contributed by atoms with Crippen molar-refractivity contribution in [2.24, 2.45) is 17.8 Å². The summed E-state index contributed by atoms with van der Waals surface area (Å²) in [5, 5.41) is 6.48. The first kappa shape index (κ1) is 13.6. The zero-order valence-electron chi connectivity index (χ0n) is 12.8. The Morgan fingerprint density at radius 3 is 2.86 bits per heavy atom. The molecule has 1 aliphatic heterocycles. The number of hydrogen-bond donors (Lipinski definition) is 3. The van der Waals surface area contributed by atoms with Crippen LogP contribution in [0.2, 0.25) is 0 Å². The molecule has 4 rings (SSSR count). The van der Waals surface area contributed by atoms with Crippen LogP contribution >= 0.6 is 0 Å². The van der Waals surface area contributed by atoms with Crippen molar-refractivity contribution in [3.63, 3.8) is 0 Å². The van der Waals surface area contributed by atoms with E-state index in [1.165, 1.54) is 0 Å². The summed E-state index contributed by atoms with van der Waals surface area (Å²) in [6.07, 6.45) is 1.93. The Morgan fingerprint density at radius 2 is 2.14 bits per heavy atom. The number of carbonyl (C=O) groups is 1. The fourth-order valence-electron chi connectivity index (χ4n) is 3.76. The number of carbonyl (C=O) groups excluding carboxylic acids is 1. The minimum absolute atomic E-state index is 0.132. The van der Waals surface area contributed by atoms with Gasteiger partial charge in [-0.05, 0) is 50.9 Å². The molecule has 6 heteroatoms. The summed E-state index contributed by atoms with van der Waals surface area (Å²) in [6, 6.07) is 5.80. The molecule has 1 amide bonds. The third-order valence-electron chi connectivity index (χ3n) is 4.97. The van der Waals surface area contributed by atoms with Gasteiger partial charge in [-0.25, -0.2) is 4.98 Å². The molecule has 2 fully saturated rings. The highest BCUT2D eigenvalue weighted by Crippen LogP contribution is 2.49. The summed E-state index contributed by atoms with van der Waals surface area (Å²) in [4.78, 5) is 17.0. The molecule has 2 aromatic rings. The number of nitrogens with two attached hydrogens (primary N) is 1. The first-order valence-electron chi connectivity index (χ1n) is 7.75. The smallest absolute Gasteiger partial charge is 0.224 e. The van der Waals surface area contributed by atoms with Crippen LogP contribution in [0, 0.1) is 17.8 Å². The zero-order chi connectivity index (χ0) is 15.5. The van der Waals surface area contributed by atoms with Gasteiger partial charge < -0.3 is 16.4 Å². The van der Waals surface area contributed by atoms with Crippen molar-refractivity contribution in [3.8, 4) is 0 Å². The lowest BCUT2D eigenvalue weighted by Gasteiger charge is -2.25. The maximum Gasteiger partial charge on any atom is 0.224 e. The standard InChI is InChI=1S/C16H21N5O/c1-16(2,20-14(22)12-9-7-18-8-10(9)12)15-19-13(17)11-5-3-4-6-21(11)15/h3-6,9-10,12,18H,7-8,17H2,1-2H3,(H,20,22)/t9-,10+,12+. The lowest BCUT2D eigenvalue weighted by atomic mass is 10.0. The van der Waals surface area contributed by atoms with Gasteiger partial charge in [-0.15, -0.1) is 0 Å². The molecule has 6 nitrogen and oxygen atoms in total. The van der Waals surface area contributed by atoms with Crippen molar-refractivity contribution in [2.75, 3.05) is 18.8 Å². The van der Waals surface area contributed by atoms with Gasteiger partial charge >= 0.3 is 0 Å². The van der Waals surface area contributed by atoms with Gasteiger partial charge in [0.25, 0.3) is 0 Å². The van der Waals surface area contributed by atoms with E-state index < -0.39 is 5.54 Å². The molecular formula is C16H21N5O. The van der Waals surface area contributed by atoms with Crippen molar-refractivity contribution in [3.05, 3.63) is 30.2 Å². The third kappa shape index (κ3) is 1.90. The Hall–Kier alpha value is -2.08. The van der Waals surface area contributed by atoms with Gasteiger partial charge in [-0.1, -0.05) is 6.07 Å². The minimum Gasteiger partial charge on any atom is -0.382 e. The van der Waals surface area contributed by atoms with Gasteiger partial charge in [0.15, 0.2) is 0 Å². The molecule has 4 N–H and O–H groups in total. The van der Waals surface area contributed by atoms with Crippen LogP contribution in [0.4, 0.5) is 5.82 Å². The lowest BCUT2D eigenvalue weighted by molar-refractivity contribution is -0.124. The second-order valence-corrected chi connectivity index (χ2v) is 6.90. The molecule has 1 aliphatic carbocycles. The number of nitrogen functional groups attached to an aromatic ring is 1. The van der Waals surface area contributed by atoms with Crippen molar-refractivity contribution in [2.45, 2.75) is 19.4 Å². The second-order valence-electron chi connectivity index (χ2n) is 6.90. The summed E-state index contributed by atoms with van der Waals surface area (Å²) in [7, 11) is 0. The summed E-state index contributed by atoms with van der Waals surface area (Å²) in [6.45, 7) is 5.87. The predicted octanol–water partition coefficient (Wildman–Crippen LogP) is 0.733. The van der Waals surface area contributed by atoms with E-state index in [1.54, 1.807) is 0 Å². The van der Waals surface area contributed by atoms with Crippen LogP contribution in [0.3, 0.4) is 0 Å². The lowest BCUT2D eigenvalue weighted by Crippen LogP contribution is -2.44. The van der Waals surface area contributed by atoms with Gasteiger partial charge in [0.1, 0.15) is 11.6 Å². The molecule has 1 saturated heterocycles. The monoisotopic (exact) mass is 299 g/mol. The average molecular weight is 299 g/mol. The number of aromatic nitrogens is 2. The van der Waals surface area contributed by atoms with E-state index in [4.69, 9.17) is 5.73 Å². The largest absolute Gasteiger partial charge is 0.382 e. The number of fused-ring (bicyclic) bond motifs is 2. The molecule has 0 unspecified atom stereocenters. The van der Waals surface area contributed by atoms with Crippen LogP contribution in [-0.2, 0) is 10.3 Å². The number of hydrogen-bond acceptors (Lipinski definition) is 4. The SMILES string of the molecule is CC(C)(NC(=O)[C@H]1[C@@H]2CNC[C@@H]21)c1nc(N)c2ccccn12. The Kier molecular flexibility index (Phi) is 2.75. The van der Waals surface area contributed by atoms with E-state index in [0.29, 0.717) is 17.7 Å². The van der Waals surface area contributed by atoms with Crippen LogP contribution in [0.1, 0.15) is 19.7 Å². The predicted molar refractivity (Wildman–Crippen MR) is 84.1 cm³/mol. The number of pyridine rings is 1. The van der Waals surface area contributed by atoms with E-state index in [1.807, 2.05) is 42.6 Å². The second kappa shape index (κ2) is 4.46. The molecule has 2 aliphatic rings. The zero-order valence-corrected chi connectivity index (χ0v) is 12.8. The Morgan fingerprint density at radius 1 is 1.41 bits per heavy atom. The van der Waals surface area contributed by atoms with Gasteiger partial charge in [0, 0.05) is 12.1 Å². The van der Waals surface area contributed by atoms with E-state index >= 15 is 0 Å². The van der Waals surface area contributed by atoms with E-state index in [2.05, 4.69) is 15.6 Å². The number of nitrogens with one attached hydrogen (secondary N) is 2. The van der Waals surface area contributed by atoms with Crippen LogP contribution in [-0.4, -0.2) is 28.4 Å². The molecule has 22 heavy (non-hydrogen) atoms. The average Bonchev–Trinajstić information content (AvgIpc) is 2.82.